The first kappa shape index (κ1) is 21.4. The first-order valence-electron chi connectivity index (χ1n) is 9.02. The molecule has 2 heterocycles. The summed E-state index contributed by atoms with van der Waals surface area (Å²) < 4.78 is 64.1. The number of para-hydroxylation sites is 2. The summed E-state index contributed by atoms with van der Waals surface area (Å²) in [5, 5.41) is 0. The quantitative estimate of drug-likeness (QED) is 0.581. The molecule has 1 aromatic heterocycles. The van der Waals surface area contributed by atoms with Crippen LogP contribution >= 0.6 is 0 Å². The number of halogens is 4. The molecule has 0 spiro atoms. The summed E-state index contributed by atoms with van der Waals surface area (Å²) in [5.41, 5.74) is 1.57. The van der Waals surface area contributed by atoms with Crippen molar-refractivity contribution in [3.05, 3.63) is 65.7 Å². The number of nitrogens with zero attached hydrogens (tertiary/aromatic N) is 3. The van der Waals surface area contributed by atoms with Gasteiger partial charge in [-0.25, -0.2) is 9.37 Å². The zero-order valence-electron chi connectivity index (χ0n) is 15.8. The summed E-state index contributed by atoms with van der Waals surface area (Å²) in [6.45, 7) is 1.37. The van der Waals surface area contributed by atoms with E-state index in [1.807, 2.05) is 41.0 Å². The zero-order chi connectivity index (χ0) is 21.0. The van der Waals surface area contributed by atoms with E-state index in [1.54, 1.807) is 0 Å². The minimum absolute atomic E-state index is 0.248. The van der Waals surface area contributed by atoms with E-state index in [-0.39, 0.29) is 6.54 Å². The van der Waals surface area contributed by atoms with Crippen LogP contribution in [-0.4, -0.2) is 43.3 Å². The maximum absolute atomic E-state index is 13.2. The van der Waals surface area contributed by atoms with E-state index >= 15 is 0 Å². The normalized spacial score (nSPS) is 15.9. The molecular formula is C20H21F4N3OS. The molecule has 29 heavy (non-hydrogen) atoms. The molecule has 0 radical (unpaired) electrons. The number of fused-ring (bicyclic) bond motifs is 1. The molecule has 1 aliphatic rings. The highest BCUT2D eigenvalue weighted by molar-refractivity contribution is 7.85. The standard InChI is InChI=1S/C12H13F4NOS.C8H8N2/c13-11-6-9(5-10(7-11)12(14,15)16)8-17-1-3-19(18)4-2-17;1-10-6-9-7-4-2-3-5-8(7)10/h5-7H,1-4,8H2;2-6H,1H3. The fourth-order valence-corrected chi connectivity index (χ4v) is 4.21. The Balaban J connectivity index is 0.000000200. The molecular weight excluding hydrogens is 406 g/mol. The van der Waals surface area contributed by atoms with Crippen molar-refractivity contribution in [2.75, 3.05) is 24.6 Å². The SMILES string of the molecule is Cn1cnc2ccccc21.O=S1CCN(Cc2cc(F)cc(C(F)(F)F)c2)CC1. The number of hydrogen-bond acceptors (Lipinski definition) is 3. The van der Waals surface area contributed by atoms with Crippen molar-refractivity contribution in [3.63, 3.8) is 0 Å². The summed E-state index contributed by atoms with van der Waals surface area (Å²) in [6, 6.07) is 10.7. The van der Waals surface area contributed by atoms with E-state index in [0.717, 1.165) is 17.6 Å². The van der Waals surface area contributed by atoms with Crippen LogP contribution in [0.15, 0.2) is 48.8 Å². The highest BCUT2D eigenvalue weighted by Crippen LogP contribution is 2.30. The zero-order valence-corrected chi connectivity index (χ0v) is 16.6. The number of aromatic nitrogens is 2. The van der Waals surface area contributed by atoms with E-state index in [4.69, 9.17) is 0 Å². The average molecular weight is 427 g/mol. The Bertz CT molecular complexity index is 993. The van der Waals surface area contributed by atoms with Crippen molar-refractivity contribution in [1.29, 1.82) is 0 Å². The Morgan fingerprint density at radius 1 is 1.10 bits per heavy atom. The molecule has 0 amide bonds. The molecule has 2 aromatic carbocycles. The van der Waals surface area contributed by atoms with E-state index in [1.165, 1.54) is 5.52 Å². The monoisotopic (exact) mass is 427 g/mol. The maximum atomic E-state index is 13.2. The van der Waals surface area contributed by atoms with Crippen LogP contribution in [0.4, 0.5) is 17.6 Å². The van der Waals surface area contributed by atoms with Crippen LogP contribution in [0.1, 0.15) is 11.1 Å². The molecule has 0 aliphatic carbocycles. The number of hydrogen-bond donors (Lipinski definition) is 0. The fourth-order valence-electron chi connectivity index (χ4n) is 3.08. The Kier molecular flexibility index (Phi) is 6.69. The average Bonchev–Trinajstić information content (AvgIpc) is 3.05. The number of imidazole rings is 1. The van der Waals surface area contributed by atoms with Crippen molar-refractivity contribution in [2.45, 2.75) is 12.7 Å². The molecule has 4 rings (SSSR count). The van der Waals surface area contributed by atoms with Crippen LogP contribution in [0.25, 0.3) is 11.0 Å². The van der Waals surface area contributed by atoms with Crippen LogP contribution in [0, 0.1) is 5.82 Å². The molecule has 9 heteroatoms. The molecule has 1 fully saturated rings. The lowest BCUT2D eigenvalue weighted by Crippen LogP contribution is -2.37. The minimum Gasteiger partial charge on any atom is -0.334 e. The van der Waals surface area contributed by atoms with E-state index < -0.39 is 28.4 Å². The highest BCUT2D eigenvalue weighted by Gasteiger charge is 2.31. The molecule has 1 saturated heterocycles. The third kappa shape index (κ3) is 5.86. The van der Waals surface area contributed by atoms with Crippen LogP contribution in [0.3, 0.4) is 0 Å². The topological polar surface area (TPSA) is 38.1 Å². The molecule has 0 atom stereocenters. The summed E-state index contributed by atoms with van der Waals surface area (Å²) in [4.78, 5) is 6.07. The van der Waals surface area contributed by atoms with Crippen molar-refractivity contribution in [1.82, 2.24) is 14.5 Å². The predicted octanol–water partition coefficient (Wildman–Crippen LogP) is 3.98. The first-order valence-corrected chi connectivity index (χ1v) is 10.5. The molecule has 0 bridgehead atoms. The lowest BCUT2D eigenvalue weighted by atomic mass is 10.1. The van der Waals surface area contributed by atoms with E-state index in [9.17, 15) is 21.8 Å². The molecule has 0 N–H and O–H groups in total. The van der Waals surface area contributed by atoms with E-state index in [2.05, 4.69) is 11.1 Å². The maximum Gasteiger partial charge on any atom is 0.416 e. The van der Waals surface area contributed by atoms with Gasteiger partial charge in [0.15, 0.2) is 0 Å². The molecule has 0 saturated carbocycles. The van der Waals surface area contributed by atoms with Gasteiger partial charge in [-0.2, -0.15) is 13.2 Å². The van der Waals surface area contributed by atoms with Gasteiger partial charge in [0, 0.05) is 49.0 Å². The Morgan fingerprint density at radius 2 is 1.79 bits per heavy atom. The predicted molar refractivity (Wildman–Crippen MR) is 105 cm³/mol. The van der Waals surface area contributed by atoms with Crippen molar-refractivity contribution in [2.24, 2.45) is 7.05 Å². The molecule has 156 valence electrons. The lowest BCUT2D eigenvalue weighted by Gasteiger charge is -2.26. The van der Waals surface area contributed by atoms with Gasteiger partial charge in [0.05, 0.1) is 22.9 Å². The third-order valence-electron chi connectivity index (χ3n) is 4.59. The van der Waals surface area contributed by atoms with Crippen molar-refractivity contribution >= 4 is 21.8 Å². The lowest BCUT2D eigenvalue weighted by molar-refractivity contribution is -0.137. The smallest absolute Gasteiger partial charge is 0.334 e. The highest BCUT2D eigenvalue weighted by atomic mass is 32.2. The van der Waals surface area contributed by atoms with Gasteiger partial charge in [-0.1, -0.05) is 12.1 Å². The molecule has 0 unspecified atom stereocenters. The number of rotatable bonds is 2. The van der Waals surface area contributed by atoms with Crippen LogP contribution < -0.4 is 0 Å². The summed E-state index contributed by atoms with van der Waals surface area (Å²) in [5.74, 6) is 0.147. The van der Waals surface area contributed by atoms with Gasteiger partial charge in [-0.3, -0.25) is 9.11 Å². The molecule has 3 aromatic rings. The Morgan fingerprint density at radius 3 is 2.45 bits per heavy atom. The second kappa shape index (κ2) is 9.04. The summed E-state index contributed by atoms with van der Waals surface area (Å²) >= 11 is 0. The Hall–Kier alpha value is -2.26. The van der Waals surface area contributed by atoms with Gasteiger partial charge < -0.3 is 4.57 Å². The van der Waals surface area contributed by atoms with Crippen molar-refractivity contribution < 1.29 is 21.8 Å². The second-order valence-corrected chi connectivity index (χ2v) is 8.51. The van der Waals surface area contributed by atoms with Crippen LogP contribution in [0.2, 0.25) is 0 Å². The molecule has 1 aliphatic heterocycles. The van der Waals surface area contributed by atoms with Gasteiger partial charge in [0.25, 0.3) is 0 Å². The van der Waals surface area contributed by atoms with Gasteiger partial charge in [-0.15, -0.1) is 0 Å². The van der Waals surface area contributed by atoms with Crippen LogP contribution in [-0.2, 0) is 30.6 Å². The van der Waals surface area contributed by atoms with Gasteiger partial charge in [0.2, 0.25) is 0 Å². The van der Waals surface area contributed by atoms with Gasteiger partial charge in [0.1, 0.15) is 5.82 Å². The van der Waals surface area contributed by atoms with Crippen molar-refractivity contribution in [3.8, 4) is 0 Å². The fraction of sp³-hybridized carbons (Fsp3) is 0.350. The first-order chi connectivity index (χ1) is 13.7. The second-order valence-electron chi connectivity index (χ2n) is 6.81. The number of aryl methyl sites for hydroxylation is 1. The summed E-state index contributed by atoms with van der Waals surface area (Å²) in [7, 11) is 1.16. The third-order valence-corrected chi connectivity index (χ3v) is 5.87. The number of benzene rings is 2. The Labute approximate surface area is 168 Å². The summed E-state index contributed by atoms with van der Waals surface area (Å²) in [6.07, 6.45) is -2.72. The van der Waals surface area contributed by atoms with E-state index in [0.29, 0.717) is 36.2 Å². The van der Waals surface area contributed by atoms with Crippen LogP contribution in [0.5, 0.6) is 0 Å². The minimum atomic E-state index is -4.54. The van der Waals surface area contributed by atoms with Gasteiger partial charge in [-0.05, 0) is 35.9 Å². The molecule has 4 nitrogen and oxygen atoms in total. The van der Waals surface area contributed by atoms with Gasteiger partial charge >= 0.3 is 6.18 Å². The largest absolute Gasteiger partial charge is 0.416 e. The number of alkyl halides is 3.